The highest BCUT2D eigenvalue weighted by Gasteiger charge is 2.02. The van der Waals surface area contributed by atoms with Crippen molar-refractivity contribution in [1.82, 2.24) is 5.32 Å². The number of furan rings is 1. The summed E-state index contributed by atoms with van der Waals surface area (Å²) in [6, 6.07) is 11.6. The molecule has 0 fully saturated rings. The predicted molar refractivity (Wildman–Crippen MR) is 74.9 cm³/mol. The van der Waals surface area contributed by atoms with Crippen molar-refractivity contribution in [1.29, 1.82) is 0 Å². The number of aryl methyl sites for hydroxylation is 1. The molecule has 0 spiro atoms. The molecule has 2 N–H and O–H groups in total. The molecule has 4 nitrogen and oxygen atoms in total. The monoisotopic (exact) mass is 258 g/mol. The van der Waals surface area contributed by atoms with Gasteiger partial charge in [-0.2, -0.15) is 0 Å². The molecule has 4 heteroatoms. The minimum absolute atomic E-state index is 0.0594. The van der Waals surface area contributed by atoms with Gasteiger partial charge in [0.2, 0.25) is 5.91 Å². The molecule has 2 rings (SSSR count). The Bertz CT molecular complexity index is 503. The predicted octanol–water partition coefficient (Wildman–Crippen LogP) is 2.57. The Balaban J connectivity index is 1.74. The summed E-state index contributed by atoms with van der Waals surface area (Å²) >= 11 is 0. The Kier molecular flexibility index (Phi) is 4.75. The third kappa shape index (κ3) is 4.26. The van der Waals surface area contributed by atoms with Gasteiger partial charge in [-0.1, -0.05) is 19.1 Å². The Hall–Kier alpha value is -2.07. The molecule has 0 saturated carbocycles. The van der Waals surface area contributed by atoms with Crippen LogP contribution in [0.5, 0.6) is 0 Å². The molecular weight excluding hydrogens is 240 g/mol. The van der Waals surface area contributed by atoms with E-state index in [-0.39, 0.29) is 12.5 Å². The second-order valence-corrected chi connectivity index (χ2v) is 4.28. The highest BCUT2D eigenvalue weighted by atomic mass is 16.3. The molecule has 0 atom stereocenters. The maximum Gasteiger partial charge on any atom is 0.238 e. The lowest BCUT2D eigenvalue weighted by atomic mass is 10.1. The minimum Gasteiger partial charge on any atom is -0.468 e. The van der Waals surface area contributed by atoms with E-state index in [1.165, 1.54) is 5.56 Å². The number of nitrogens with one attached hydrogen (secondary N) is 2. The Labute approximate surface area is 112 Å². The van der Waals surface area contributed by atoms with Crippen molar-refractivity contribution in [2.24, 2.45) is 0 Å². The van der Waals surface area contributed by atoms with E-state index in [4.69, 9.17) is 4.42 Å². The topological polar surface area (TPSA) is 54.3 Å². The Morgan fingerprint density at radius 3 is 2.63 bits per heavy atom. The third-order valence-corrected chi connectivity index (χ3v) is 2.81. The molecule has 19 heavy (non-hydrogen) atoms. The molecule has 1 amide bonds. The van der Waals surface area contributed by atoms with E-state index in [1.807, 2.05) is 36.4 Å². The van der Waals surface area contributed by atoms with Gasteiger partial charge in [-0.15, -0.1) is 0 Å². The van der Waals surface area contributed by atoms with Crippen molar-refractivity contribution >= 4 is 11.6 Å². The fourth-order valence-electron chi connectivity index (χ4n) is 1.74. The second-order valence-electron chi connectivity index (χ2n) is 4.28. The SMILES string of the molecule is CCc1ccc(NC(=O)CNCc2ccco2)cc1. The van der Waals surface area contributed by atoms with Gasteiger partial charge >= 0.3 is 0 Å². The summed E-state index contributed by atoms with van der Waals surface area (Å²) in [5.41, 5.74) is 2.08. The summed E-state index contributed by atoms with van der Waals surface area (Å²) in [6.07, 6.45) is 2.62. The fraction of sp³-hybridized carbons (Fsp3) is 0.267. The number of amides is 1. The van der Waals surface area contributed by atoms with Gasteiger partial charge in [0.1, 0.15) is 5.76 Å². The molecule has 0 aliphatic rings. The van der Waals surface area contributed by atoms with Crippen molar-refractivity contribution < 1.29 is 9.21 Å². The van der Waals surface area contributed by atoms with E-state index >= 15 is 0 Å². The zero-order valence-corrected chi connectivity index (χ0v) is 11.0. The average Bonchev–Trinajstić information content (AvgIpc) is 2.93. The molecule has 0 bridgehead atoms. The number of hydrogen-bond donors (Lipinski definition) is 2. The molecule has 0 aliphatic heterocycles. The maximum absolute atomic E-state index is 11.7. The summed E-state index contributed by atoms with van der Waals surface area (Å²) in [5, 5.41) is 5.87. The Morgan fingerprint density at radius 2 is 2.00 bits per heavy atom. The van der Waals surface area contributed by atoms with Crippen LogP contribution in [0, 0.1) is 0 Å². The van der Waals surface area contributed by atoms with Crippen LogP contribution in [-0.2, 0) is 17.8 Å². The number of carbonyl (C=O) groups excluding carboxylic acids is 1. The maximum atomic E-state index is 11.7. The molecular formula is C15H18N2O2. The normalized spacial score (nSPS) is 10.4. The molecule has 2 aromatic rings. The van der Waals surface area contributed by atoms with Crippen LogP contribution < -0.4 is 10.6 Å². The van der Waals surface area contributed by atoms with Gasteiger partial charge in [0.15, 0.2) is 0 Å². The van der Waals surface area contributed by atoms with Crippen molar-refractivity contribution in [3.63, 3.8) is 0 Å². The van der Waals surface area contributed by atoms with Gasteiger partial charge in [0.25, 0.3) is 0 Å². The molecule has 100 valence electrons. The highest BCUT2D eigenvalue weighted by Crippen LogP contribution is 2.09. The summed E-state index contributed by atoms with van der Waals surface area (Å²) in [6.45, 7) is 2.91. The number of anilines is 1. The summed E-state index contributed by atoms with van der Waals surface area (Å²) in [7, 11) is 0. The molecule has 1 aromatic heterocycles. The molecule has 0 saturated heterocycles. The first-order valence-corrected chi connectivity index (χ1v) is 6.40. The van der Waals surface area contributed by atoms with Gasteiger partial charge in [-0.3, -0.25) is 4.79 Å². The first-order chi connectivity index (χ1) is 9.28. The zero-order valence-electron chi connectivity index (χ0n) is 11.0. The standard InChI is InChI=1S/C15H18N2O2/c1-2-12-5-7-13(8-6-12)17-15(18)11-16-10-14-4-3-9-19-14/h3-9,16H,2,10-11H2,1H3,(H,17,18). The van der Waals surface area contributed by atoms with Crippen LogP contribution in [-0.4, -0.2) is 12.5 Å². The first kappa shape index (κ1) is 13.4. The lowest BCUT2D eigenvalue weighted by Gasteiger charge is -2.06. The summed E-state index contributed by atoms with van der Waals surface area (Å²) < 4.78 is 5.16. The van der Waals surface area contributed by atoms with Crippen molar-refractivity contribution in [2.75, 3.05) is 11.9 Å². The van der Waals surface area contributed by atoms with Gasteiger partial charge in [-0.05, 0) is 36.2 Å². The van der Waals surface area contributed by atoms with Crippen molar-refractivity contribution in [3.8, 4) is 0 Å². The lowest BCUT2D eigenvalue weighted by Crippen LogP contribution is -2.27. The highest BCUT2D eigenvalue weighted by molar-refractivity contribution is 5.92. The largest absolute Gasteiger partial charge is 0.468 e. The molecule has 0 radical (unpaired) electrons. The fourth-order valence-corrected chi connectivity index (χ4v) is 1.74. The molecule has 1 heterocycles. The van der Waals surface area contributed by atoms with E-state index in [2.05, 4.69) is 17.6 Å². The van der Waals surface area contributed by atoms with Crippen LogP contribution in [0.2, 0.25) is 0 Å². The number of carbonyl (C=O) groups is 1. The van der Waals surface area contributed by atoms with Crippen LogP contribution in [0.25, 0.3) is 0 Å². The van der Waals surface area contributed by atoms with Crippen molar-refractivity contribution in [3.05, 3.63) is 54.0 Å². The molecule has 1 aromatic carbocycles. The van der Waals surface area contributed by atoms with Crippen LogP contribution in [0.15, 0.2) is 47.1 Å². The van der Waals surface area contributed by atoms with Crippen LogP contribution >= 0.6 is 0 Å². The van der Waals surface area contributed by atoms with Crippen LogP contribution in [0.1, 0.15) is 18.2 Å². The first-order valence-electron chi connectivity index (χ1n) is 6.40. The summed E-state index contributed by atoms with van der Waals surface area (Å²) in [4.78, 5) is 11.7. The molecule has 0 aliphatic carbocycles. The van der Waals surface area contributed by atoms with Crippen LogP contribution in [0.3, 0.4) is 0 Å². The number of hydrogen-bond acceptors (Lipinski definition) is 3. The smallest absolute Gasteiger partial charge is 0.238 e. The van der Waals surface area contributed by atoms with E-state index < -0.39 is 0 Å². The second kappa shape index (κ2) is 6.75. The lowest BCUT2D eigenvalue weighted by molar-refractivity contribution is -0.115. The quantitative estimate of drug-likeness (QED) is 0.837. The van der Waals surface area contributed by atoms with Crippen LogP contribution in [0.4, 0.5) is 5.69 Å². The van der Waals surface area contributed by atoms with Crippen molar-refractivity contribution in [2.45, 2.75) is 19.9 Å². The minimum atomic E-state index is -0.0594. The summed E-state index contributed by atoms with van der Waals surface area (Å²) in [5.74, 6) is 0.760. The van der Waals surface area contributed by atoms with E-state index in [0.29, 0.717) is 6.54 Å². The van der Waals surface area contributed by atoms with E-state index in [1.54, 1.807) is 6.26 Å². The number of benzene rings is 1. The number of rotatable bonds is 6. The zero-order chi connectivity index (χ0) is 13.5. The van der Waals surface area contributed by atoms with Gasteiger partial charge in [0.05, 0.1) is 19.4 Å². The van der Waals surface area contributed by atoms with Gasteiger partial charge in [-0.25, -0.2) is 0 Å². The van der Waals surface area contributed by atoms with E-state index in [9.17, 15) is 4.79 Å². The van der Waals surface area contributed by atoms with E-state index in [0.717, 1.165) is 17.9 Å². The van der Waals surface area contributed by atoms with Gasteiger partial charge < -0.3 is 15.1 Å². The average molecular weight is 258 g/mol. The molecule has 0 unspecified atom stereocenters. The Morgan fingerprint density at radius 1 is 1.21 bits per heavy atom. The third-order valence-electron chi connectivity index (χ3n) is 2.81. The van der Waals surface area contributed by atoms with Gasteiger partial charge in [0, 0.05) is 5.69 Å².